The van der Waals surface area contributed by atoms with Crippen molar-refractivity contribution in [1.82, 2.24) is 25.4 Å². The molecule has 0 fully saturated rings. The van der Waals surface area contributed by atoms with Gasteiger partial charge < -0.3 is 5.32 Å². The van der Waals surface area contributed by atoms with Gasteiger partial charge in [0.1, 0.15) is 12.9 Å². The third kappa shape index (κ3) is 4.33. The second kappa shape index (κ2) is 7.11. The zero-order valence-electron chi connectivity index (χ0n) is 12.2. The first kappa shape index (κ1) is 16.1. The van der Waals surface area contributed by atoms with E-state index in [1.54, 1.807) is 6.92 Å². The topological polar surface area (TPSA) is 132 Å². The molecule has 0 spiro atoms. The molecule has 0 saturated heterocycles. The SMILES string of the molecule is CCNC(=O)NC(=O)Cn1cnc(-c2ccc([N+](=O)[O-])cc2)n1. The molecule has 0 aliphatic heterocycles. The van der Waals surface area contributed by atoms with E-state index in [0.29, 0.717) is 17.9 Å². The van der Waals surface area contributed by atoms with Crippen molar-refractivity contribution in [3.05, 3.63) is 40.7 Å². The van der Waals surface area contributed by atoms with E-state index in [4.69, 9.17) is 0 Å². The molecule has 0 radical (unpaired) electrons. The predicted octanol–water partition coefficient (Wildman–Crippen LogP) is 0.699. The zero-order valence-corrected chi connectivity index (χ0v) is 12.2. The van der Waals surface area contributed by atoms with Crippen LogP contribution in [0.4, 0.5) is 10.5 Å². The molecule has 0 saturated carbocycles. The van der Waals surface area contributed by atoms with Gasteiger partial charge >= 0.3 is 6.03 Å². The number of nitrogens with one attached hydrogen (secondary N) is 2. The summed E-state index contributed by atoms with van der Waals surface area (Å²) in [6, 6.07) is 5.16. The zero-order chi connectivity index (χ0) is 16.8. The van der Waals surface area contributed by atoms with E-state index in [2.05, 4.69) is 20.7 Å². The fourth-order valence-corrected chi connectivity index (χ4v) is 1.75. The second-order valence-corrected chi connectivity index (χ2v) is 4.48. The molecule has 0 unspecified atom stereocenters. The van der Waals surface area contributed by atoms with E-state index in [-0.39, 0.29) is 12.2 Å². The Balaban J connectivity index is 2.01. The molecule has 2 rings (SSSR count). The molecule has 0 bridgehead atoms. The lowest BCUT2D eigenvalue weighted by molar-refractivity contribution is -0.384. The number of imide groups is 1. The molecule has 0 aliphatic carbocycles. The second-order valence-electron chi connectivity index (χ2n) is 4.48. The number of hydrogen-bond donors (Lipinski definition) is 2. The van der Waals surface area contributed by atoms with E-state index in [0.717, 1.165) is 0 Å². The molecule has 23 heavy (non-hydrogen) atoms. The van der Waals surface area contributed by atoms with Crippen LogP contribution in [-0.4, -0.2) is 38.2 Å². The van der Waals surface area contributed by atoms with Crippen molar-refractivity contribution >= 4 is 17.6 Å². The van der Waals surface area contributed by atoms with Crippen LogP contribution in [0.2, 0.25) is 0 Å². The Labute approximate surface area is 130 Å². The van der Waals surface area contributed by atoms with Gasteiger partial charge in [0.15, 0.2) is 5.82 Å². The van der Waals surface area contributed by atoms with Crippen molar-refractivity contribution in [2.24, 2.45) is 0 Å². The van der Waals surface area contributed by atoms with Crippen LogP contribution >= 0.6 is 0 Å². The molecule has 0 aliphatic rings. The fraction of sp³-hybridized carbons (Fsp3) is 0.231. The highest BCUT2D eigenvalue weighted by atomic mass is 16.6. The van der Waals surface area contributed by atoms with E-state index >= 15 is 0 Å². The summed E-state index contributed by atoms with van der Waals surface area (Å²) in [7, 11) is 0. The Morgan fingerprint density at radius 3 is 2.61 bits per heavy atom. The molecule has 1 aromatic carbocycles. The Kier molecular flexibility index (Phi) is 4.97. The maximum Gasteiger partial charge on any atom is 0.321 e. The first-order valence-corrected chi connectivity index (χ1v) is 6.71. The van der Waals surface area contributed by atoms with Crippen molar-refractivity contribution in [3.8, 4) is 11.4 Å². The van der Waals surface area contributed by atoms with Gasteiger partial charge in [-0.2, -0.15) is 5.10 Å². The lowest BCUT2D eigenvalue weighted by Gasteiger charge is -2.04. The Morgan fingerprint density at radius 1 is 1.30 bits per heavy atom. The van der Waals surface area contributed by atoms with Crippen LogP contribution in [0.3, 0.4) is 0 Å². The summed E-state index contributed by atoms with van der Waals surface area (Å²) in [5, 5.41) is 19.3. The van der Waals surface area contributed by atoms with Crippen LogP contribution in [0, 0.1) is 10.1 Å². The lowest BCUT2D eigenvalue weighted by atomic mass is 10.2. The molecule has 10 nitrogen and oxygen atoms in total. The monoisotopic (exact) mass is 318 g/mol. The number of urea groups is 1. The van der Waals surface area contributed by atoms with Gasteiger partial charge in [0.05, 0.1) is 4.92 Å². The Bertz CT molecular complexity index is 724. The summed E-state index contributed by atoms with van der Waals surface area (Å²) in [5.41, 5.74) is 0.549. The molecule has 0 atom stereocenters. The number of benzene rings is 1. The van der Waals surface area contributed by atoms with E-state index < -0.39 is 16.9 Å². The predicted molar refractivity (Wildman–Crippen MR) is 79.3 cm³/mol. The van der Waals surface area contributed by atoms with Crippen molar-refractivity contribution in [2.75, 3.05) is 6.54 Å². The number of nitro groups is 1. The van der Waals surface area contributed by atoms with E-state index in [1.165, 1.54) is 35.3 Å². The smallest absolute Gasteiger partial charge is 0.321 e. The number of carbonyl (C=O) groups is 2. The minimum absolute atomic E-state index is 0.0329. The first-order chi connectivity index (χ1) is 11.0. The number of hydrogen-bond acceptors (Lipinski definition) is 6. The standard InChI is InChI=1S/C13H14N6O4/c1-2-14-13(21)16-11(20)7-18-8-15-12(17-18)9-3-5-10(6-4-9)19(22)23/h3-6,8H,2,7H2,1H3,(H2,14,16,20,21). The minimum Gasteiger partial charge on any atom is -0.338 e. The van der Waals surface area contributed by atoms with Crippen molar-refractivity contribution < 1.29 is 14.5 Å². The molecule has 3 amide bonds. The number of nitrogens with zero attached hydrogens (tertiary/aromatic N) is 4. The van der Waals surface area contributed by atoms with Gasteiger partial charge in [-0.3, -0.25) is 20.2 Å². The molecule has 1 heterocycles. The average molecular weight is 318 g/mol. The highest BCUT2D eigenvalue weighted by molar-refractivity contribution is 5.94. The third-order valence-corrected chi connectivity index (χ3v) is 2.77. The summed E-state index contributed by atoms with van der Waals surface area (Å²) in [4.78, 5) is 37.0. The van der Waals surface area contributed by atoms with Gasteiger partial charge in [-0.05, 0) is 19.1 Å². The van der Waals surface area contributed by atoms with Crippen LogP contribution in [-0.2, 0) is 11.3 Å². The molecule has 1 aromatic heterocycles. The summed E-state index contributed by atoms with van der Waals surface area (Å²) < 4.78 is 1.27. The molecule has 2 N–H and O–H groups in total. The van der Waals surface area contributed by atoms with Crippen LogP contribution in [0.5, 0.6) is 0 Å². The minimum atomic E-state index is -0.576. The van der Waals surface area contributed by atoms with Crippen LogP contribution in [0.1, 0.15) is 6.92 Å². The largest absolute Gasteiger partial charge is 0.338 e. The van der Waals surface area contributed by atoms with Gasteiger partial charge in [-0.1, -0.05) is 0 Å². The van der Waals surface area contributed by atoms with Gasteiger partial charge in [-0.25, -0.2) is 14.5 Å². The number of amides is 3. The number of rotatable bonds is 5. The third-order valence-electron chi connectivity index (χ3n) is 2.77. The molecular formula is C13H14N6O4. The molecule has 10 heteroatoms. The number of aromatic nitrogens is 3. The lowest BCUT2D eigenvalue weighted by Crippen LogP contribution is -2.40. The highest BCUT2D eigenvalue weighted by Gasteiger charge is 2.11. The van der Waals surface area contributed by atoms with E-state index in [1.807, 2.05) is 0 Å². The number of carbonyl (C=O) groups excluding carboxylic acids is 2. The summed E-state index contributed by atoms with van der Waals surface area (Å²) in [6.07, 6.45) is 1.34. The molecule has 120 valence electrons. The number of non-ortho nitro benzene ring substituents is 1. The van der Waals surface area contributed by atoms with Gasteiger partial charge in [0, 0.05) is 24.2 Å². The van der Waals surface area contributed by atoms with Crippen molar-refractivity contribution in [2.45, 2.75) is 13.5 Å². The molecular weight excluding hydrogens is 304 g/mol. The Hall–Kier alpha value is -3.30. The summed E-state index contributed by atoms with van der Waals surface area (Å²) in [5.74, 6) is -0.207. The normalized spacial score (nSPS) is 10.1. The first-order valence-electron chi connectivity index (χ1n) is 6.71. The van der Waals surface area contributed by atoms with Crippen LogP contribution < -0.4 is 10.6 Å². The maximum absolute atomic E-state index is 11.6. The average Bonchev–Trinajstić information content (AvgIpc) is 2.95. The Morgan fingerprint density at radius 2 is 2.00 bits per heavy atom. The fourth-order valence-electron chi connectivity index (χ4n) is 1.75. The van der Waals surface area contributed by atoms with Gasteiger partial charge in [-0.15, -0.1) is 0 Å². The summed E-state index contributed by atoms with van der Waals surface area (Å²) >= 11 is 0. The van der Waals surface area contributed by atoms with Gasteiger partial charge in [0.2, 0.25) is 5.91 Å². The van der Waals surface area contributed by atoms with Crippen molar-refractivity contribution in [1.29, 1.82) is 0 Å². The summed E-state index contributed by atoms with van der Waals surface area (Å²) in [6.45, 7) is 1.97. The van der Waals surface area contributed by atoms with Crippen LogP contribution in [0.25, 0.3) is 11.4 Å². The number of nitro benzene ring substituents is 1. The van der Waals surface area contributed by atoms with Gasteiger partial charge in [0.25, 0.3) is 5.69 Å². The van der Waals surface area contributed by atoms with E-state index in [9.17, 15) is 19.7 Å². The maximum atomic E-state index is 11.6. The quantitative estimate of drug-likeness (QED) is 0.616. The van der Waals surface area contributed by atoms with Crippen molar-refractivity contribution in [3.63, 3.8) is 0 Å². The highest BCUT2D eigenvalue weighted by Crippen LogP contribution is 2.18. The molecule has 2 aromatic rings. The van der Waals surface area contributed by atoms with Crippen LogP contribution in [0.15, 0.2) is 30.6 Å².